The number of hydrogen-bond donors (Lipinski definition) is 1. The minimum Gasteiger partial charge on any atom is -0.371 e. The van der Waals surface area contributed by atoms with E-state index in [0.717, 1.165) is 19.4 Å². The lowest BCUT2D eigenvalue weighted by molar-refractivity contribution is 0.0452. The lowest BCUT2D eigenvalue weighted by Gasteiger charge is -2.34. The van der Waals surface area contributed by atoms with Gasteiger partial charge in [-0.2, -0.15) is 0 Å². The maximum atomic E-state index is 5.51. The Bertz CT molecular complexity index is 526. The first-order valence-electron chi connectivity index (χ1n) is 8.05. The SMILES string of the molecule is CCCC(CN=C1N=CC(C)(OC)C(C)N1)c1ccccc1. The zero-order valence-corrected chi connectivity index (χ0v) is 14.0. The molecule has 4 nitrogen and oxygen atoms in total. The molecule has 4 heteroatoms. The molecule has 0 saturated carbocycles. The quantitative estimate of drug-likeness (QED) is 0.875. The molecule has 0 bridgehead atoms. The largest absolute Gasteiger partial charge is 0.371 e. The molecule has 2 rings (SSSR count). The fourth-order valence-electron chi connectivity index (χ4n) is 2.62. The molecule has 0 radical (unpaired) electrons. The third kappa shape index (κ3) is 3.95. The van der Waals surface area contributed by atoms with Gasteiger partial charge >= 0.3 is 0 Å². The molecule has 120 valence electrons. The maximum absolute atomic E-state index is 5.51. The van der Waals surface area contributed by atoms with Crippen molar-refractivity contribution < 1.29 is 4.74 Å². The summed E-state index contributed by atoms with van der Waals surface area (Å²) in [6.07, 6.45) is 4.14. The molecule has 1 aromatic rings. The fourth-order valence-corrected chi connectivity index (χ4v) is 2.62. The van der Waals surface area contributed by atoms with E-state index < -0.39 is 0 Å². The van der Waals surface area contributed by atoms with E-state index in [2.05, 4.69) is 59.5 Å². The van der Waals surface area contributed by atoms with Gasteiger partial charge in [-0.15, -0.1) is 0 Å². The monoisotopic (exact) mass is 301 g/mol. The number of aliphatic imine (C=N–C) groups is 2. The summed E-state index contributed by atoms with van der Waals surface area (Å²) in [5.74, 6) is 1.15. The molecule has 0 aromatic heterocycles. The molecular formula is C18H27N3O. The van der Waals surface area contributed by atoms with Crippen molar-refractivity contribution in [2.45, 2.75) is 51.2 Å². The summed E-state index contributed by atoms with van der Waals surface area (Å²) in [5, 5.41) is 3.33. The van der Waals surface area contributed by atoms with Crippen LogP contribution in [0.1, 0.15) is 45.1 Å². The Balaban J connectivity index is 2.08. The standard InChI is InChI=1S/C18H27N3O/c1-5-9-16(15-10-7-6-8-11-15)12-19-17-20-13-18(3,22-4)14(2)21-17/h6-8,10-11,13-14,16H,5,9,12H2,1-4H3,(H,19,21). The van der Waals surface area contributed by atoms with Crippen LogP contribution in [0.3, 0.4) is 0 Å². The summed E-state index contributed by atoms with van der Waals surface area (Å²) < 4.78 is 5.51. The molecule has 0 saturated heterocycles. The average Bonchev–Trinajstić information content (AvgIpc) is 2.55. The molecule has 0 spiro atoms. The van der Waals surface area contributed by atoms with Crippen molar-refractivity contribution >= 4 is 12.2 Å². The molecule has 0 amide bonds. The number of benzene rings is 1. The van der Waals surface area contributed by atoms with Crippen molar-refractivity contribution in [3.05, 3.63) is 35.9 Å². The number of guanidine groups is 1. The minimum absolute atomic E-state index is 0.148. The highest BCUT2D eigenvalue weighted by Gasteiger charge is 2.33. The van der Waals surface area contributed by atoms with Gasteiger partial charge in [0.1, 0.15) is 5.60 Å². The predicted molar refractivity (Wildman–Crippen MR) is 92.9 cm³/mol. The summed E-state index contributed by atoms with van der Waals surface area (Å²) in [4.78, 5) is 9.10. The molecule has 1 N–H and O–H groups in total. The predicted octanol–water partition coefficient (Wildman–Crippen LogP) is 3.39. The topological polar surface area (TPSA) is 46.0 Å². The lowest BCUT2D eigenvalue weighted by Crippen LogP contribution is -2.54. The number of methoxy groups -OCH3 is 1. The van der Waals surface area contributed by atoms with Gasteiger partial charge < -0.3 is 10.1 Å². The van der Waals surface area contributed by atoms with Gasteiger partial charge in [0.05, 0.1) is 6.04 Å². The van der Waals surface area contributed by atoms with E-state index in [-0.39, 0.29) is 11.6 Å². The Morgan fingerprint density at radius 1 is 1.36 bits per heavy atom. The maximum Gasteiger partial charge on any atom is 0.218 e. The van der Waals surface area contributed by atoms with E-state index in [4.69, 9.17) is 4.74 Å². The summed E-state index contributed by atoms with van der Waals surface area (Å²) in [7, 11) is 1.71. The zero-order chi connectivity index (χ0) is 16.0. The second-order valence-electron chi connectivity index (χ2n) is 6.07. The van der Waals surface area contributed by atoms with E-state index >= 15 is 0 Å². The molecule has 0 fully saturated rings. The molecule has 3 atom stereocenters. The average molecular weight is 301 g/mol. The van der Waals surface area contributed by atoms with Gasteiger partial charge in [0.15, 0.2) is 0 Å². The van der Waals surface area contributed by atoms with Crippen LogP contribution in [0.25, 0.3) is 0 Å². The van der Waals surface area contributed by atoms with Crippen molar-refractivity contribution in [1.29, 1.82) is 0 Å². The molecule has 0 aliphatic carbocycles. The van der Waals surface area contributed by atoms with Crippen molar-refractivity contribution in [2.24, 2.45) is 9.98 Å². The van der Waals surface area contributed by atoms with Gasteiger partial charge in [0.25, 0.3) is 0 Å². The van der Waals surface area contributed by atoms with Gasteiger partial charge in [0.2, 0.25) is 5.96 Å². The van der Waals surface area contributed by atoms with Crippen LogP contribution < -0.4 is 5.32 Å². The summed E-state index contributed by atoms with van der Waals surface area (Å²) in [6.45, 7) is 7.08. The van der Waals surface area contributed by atoms with Gasteiger partial charge in [-0.3, -0.25) is 4.99 Å². The first-order chi connectivity index (χ1) is 10.6. The molecule has 3 unspecified atom stereocenters. The van der Waals surface area contributed by atoms with E-state index in [1.807, 2.05) is 13.1 Å². The molecule has 1 heterocycles. The van der Waals surface area contributed by atoms with Gasteiger partial charge in [-0.1, -0.05) is 43.7 Å². The third-order valence-corrected chi connectivity index (χ3v) is 4.46. The van der Waals surface area contributed by atoms with Gasteiger partial charge in [-0.25, -0.2) is 4.99 Å². The fraction of sp³-hybridized carbons (Fsp3) is 0.556. The van der Waals surface area contributed by atoms with Gasteiger partial charge in [-0.05, 0) is 25.8 Å². The summed E-state index contributed by atoms with van der Waals surface area (Å²) in [5.41, 5.74) is 0.977. The Morgan fingerprint density at radius 3 is 2.68 bits per heavy atom. The Morgan fingerprint density at radius 2 is 2.09 bits per heavy atom. The van der Waals surface area contributed by atoms with E-state index in [9.17, 15) is 0 Å². The van der Waals surface area contributed by atoms with Crippen LogP contribution >= 0.6 is 0 Å². The molecule has 1 aliphatic heterocycles. The zero-order valence-electron chi connectivity index (χ0n) is 14.0. The van der Waals surface area contributed by atoms with Crippen LogP contribution in [0.15, 0.2) is 40.3 Å². The molecule has 1 aromatic carbocycles. The van der Waals surface area contributed by atoms with E-state index in [1.54, 1.807) is 7.11 Å². The smallest absolute Gasteiger partial charge is 0.218 e. The highest BCUT2D eigenvalue weighted by atomic mass is 16.5. The number of ether oxygens (including phenoxy) is 1. The van der Waals surface area contributed by atoms with Crippen LogP contribution in [0.2, 0.25) is 0 Å². The van der Waals surface area contributed by atoms with Crippen molar-refractivity contribution in [3.63, 3.8) is 0 Å². The van der Waals surface area contributed by atoms with E-state index in [1.165, 1.54) is 5.56 Å². The van der Waals surface area contributed by atoms with Crippen LogP contribution in [-0.2, 0) is 4.74 Å². The van der Waals surface area contributed by atoms with Crippen LogP contribution in [0, 0.1) is 0 Å². The number of rotatable bonds is 6. The number of nitrogens with one attached hydrogen (secondary N) is 1. The molecule has 22 heavy (non-hydrogen) atoms. The summed E-state index contributed by atoms with van der Waals surface area (Å²) >= 11 is 0. The van der Waals surface area contributed by atoms with E-state index in [0.29, 0.717) is 11.9 Å². The number of hydrogen-bond acceptors (Lipinski definition) is 2. The van der Waals surface area contributed by atoms with Crippen LogP contribution in [0.4, 0.5) is 0 Å². The molecular weight excluding hydrogens is 274 g/mol. The first-order valence-corrected chi connectivity index (χ1v) is 8.05. The minimum atomic E-state index is -0.374. The van der Waals surface area contributed by atoms with Crippen molar-refractivity contribution in [1.82, 2.24) is 5.32 Å². The highest BCUT2D eigenvalue weighted by Crippen LogP contribution is 2.22. The van der Waals surface area contributed by atoms with Crippen molar-refractivity contribution in [2.75, 3.05) is 13.7 Å². The highest BCUT2D eigenvalue weighted by molar-refractivity contribution is 5.93. The second kappa shape index (κ2) is 7.54. The third-order valence-electron chi connectivity index (χ3n) is 4.46. The van der Waals surface area contributed by atoms with Gasteiger partial charge in [0, 0.05) is 25.8 Å². The normalized spacial score (nSPS) is 27.6. The first kappa shape index (κ1) is 16.7. The van der Waals surface area contributed by atoms with Crippen molar-refractivity contribution in [3.8, 4) is 0 Å². The number of nitrogens with zero attached hydrogens (tertiary/aromatic N) is 2. The second-order valence-corrected chi connectivity index (χ2v) is 6.07. The Labute approximate surface area is 133 Å². The Hall–Kier alpha value is -1.68. The lowest BCUT2D eigenvalue weighted by atomic mass is 9.94. The Kier molecular flexibility index (Phi) is 5.72. The summed E-state index contributed by atoms with van der Waals surface area (Å²) in [6, 6.07) is 10.8. The van der Waals surface area contributed by atoms with Crippen LogP contribution in [-0.4, -0.2) is 37.5 Å². The van der Waals surface area contributed by atoms with Crippen LogP contribution in [0.5, 0.6) is 0 Å². The molecule has 1 aliphatic rings.